The van der Waals surface area contributed by atoms with Crippen molar-refractivity contribution in [2.45, 2.75) is 150 Å². The molecule has 7 heteroatoms. The molecule has 0 aromatic rings. The number of hydrogen-bond donors (Lipinski definition) is 2. The Balaban J connectivity index is 0.00000109. The number of ether oxygens (including phenoxy) is 4. The third kappa shape index (κ3) is 5.15. The van der Waals surface area contributed by atoms with Gasteiger partial charge in [0.1, 0.15) is 0 Å². The molecule has 5 aliphatic carbocycles. The normalized spacial score (nSPS) is 48.9. The van der Waals surface area contributed by atoms with Gasteiger partial charge in [0.15, 0.2) is 12.4 Å². The molecule has 2 saturated heterocycles. The molecule has 7 aliphatic rings. The second-order valence-electron chi connectivity index (χ2n) is 18.1. The molecule has 7 rings (SSSR count). The molecule has 2 N–H and O–H groups in total. The lowest BCUT2D eigenvalue weighted by Crippen LogP contribution is -2.59. The number of carbonyl (C=O) groups excluding carboxylic acids is 1. The van der Waals surface area contributed by atoms with Gasteiger partial charge in [0.05, 0.1) is 30.5 Å². The second-order valence-corrected chi connectivity index (χ2v) is 18.1. The first kappa shape index (κ1) is 37.6. The molecule has 2 spiro atoms. The monoisotopic (exact) mass is 667 g/mol. The molecule has 0 aromatic heterocycles. The van der Waals surface area contributed by atoms with Gasteiger partial charge in [0, 0.05) is 20.0 Å². The molecule has 2 heterocycles. The Morgan fingerprint density at radius 2 is 1.60 bits per heavy atom. The predicted molar refractivity (Wildman–Crippen MR) is 188 cm³/mol. The van der Waals surface area contributed by atoms with Crippen LogP contribution < -0.4 is 5.32 Å². The number of aliphatic hydroxyl groups is 1. The summed E-state index contributed by atoms with van der Waals surface area (Å²) >= 11 is 0. The van der Waals surface area contributed by atoms with Crippen LogP contribution in [0.1, 0.15) is 114 Å². The van der Waals surface area contributed by atoms with Crippen LogP contribution in [0.2, 0.25) is 0 Å². The smallest absolute Gasteiger partial charge is 0.303 e. The van der Waals surface area contributed by atoms with Crippen LogP contribution in [0.25, 0.3) is 0 Å². The van der Waals surface area contributed by atoms with Crippen LogP contribution in [0.3, 0.4) is 0 Å². The molecule has 4 unspecified atom stereocenters. The summed E-state index contributed by atoms with van der Waals surface area (Å²) in [6.07, 6.45) is 24.9. The van der Waals surface area contributed by atoms with Crippen molar-refractivity contribution in [1.29, 1.82) is 0 Å². The fourth-order valence-corrected chi connectivity index (χ4v) is 14.2. The Labute approximate surface area is 291 Å². The van der Waals surface area contributed by atoms with Crippen molar-refractivity contribution in [1.82, 2.24) is 5.32 Å². The molecular formula is C41H65NO6. The van der Waals surface area contributed by atoms with Crippen LogP contribution in [0.4, 0.5) is 0 Å². The van der Waals surface area contributed by atoms with E-state index >= 15 is 0 Å². The van der Waals surface area contributed by atoms with E-state index < -0.39 is 11.7 Å². The highest BCUT2D eigenvalue weighted by atomic mass is 16.7. The summed E-state index contributed by atoms with van der Waals surface area (Å²) in [7, 11) is 0. The van der Waals surface area contributed by atoms with E-state index in [1.54, 1.807) is 13.8 Å². The highest BCUT2D eigenvalue weighted by Crippen LogP contribution is 2.91. The number of hydrogen-bond acceptors (Lipinski definition) is 7. The summed E-state index contributed by atoms with van der Waals surface area (Å²) in [5.74, 6) is 2.73. The van der Waals surface area contributed by atoms with Gasteiger partial charge in [-0.05, 0) is 122 Å². The topological polar surface area (TPSA) is 86.3 Å². The maximum Gasteiger partial charge on any atom is 0.303 e. The van der Waals surface area contributed by atoms with E-state index in [0.717, 1.165) is 44.9 Å². The number of morpholine rings is 1. The fourth-order valence-electron chi connectivity index (χ4n) is 14.2. The first-order valence-electron chi connectivity index (χ1n) is 18.7. The van der Waals surface area contributed by atoms with Crippen molar-refractivity contribution in [2.24, 2.45) is 56.7 Å². The molecular weight excluding hydrogens is 602 g/mol. The fraction of sp³-hybridized carbons (Fsp3) is 0.878. The van der Waals surface area contributed by atoms with Crippen LogP contribution in [0.15, 0.2) is 0 Å². The van der Waals surface area contributed by atoms with Crippen molar-refractivity contribution >= 4 is 5.97 Å². The summed E-state index contributed by atoms with van der Waals surface area (Å²) < 4.78 is 25.5. The number of carbonyl (C=O) groups is 1. The minimum absolute atomic E-state index is 0.122. The molecule has 0 aromatic carbocycles. The Hall–Kier alpha value is -1.61. The first-order chi connectivity index (χ1) is 22.5. The summed E-state index contributed by atoms with van der Waals surface area (Å²) in [5.41, 5.74) is 0.229. The van der Waals surface area contributed by atoms with Gasteiger partial charge in [0.25, 0.3) is 0 Å². The van der Waals surface area contributed by atoms with Crippen molar-refractivity contribution in [3.8, 4) is 25.7 Å². The number of esters is 1. The Bertz CT molecular complexity index is 1230. The quantitative estimate of drug-likeness (QED) is 0.252. The van der Waals surface area contributed by atoms with Crippen LogP contribution in [0.5, 0.6) is 0 Å². The number of nitrogens with one attached hydrogen (secondary N) is 1. The van der Waals surface area contributed by atoms with Crippen LogP contribution in [-0.4, -0.2) is 67.1 Å². The average molecular weight is 668 g/mol. The van der Waals surface area contributed by atoms with E-state index in [-0.39, 0.29) is 46.8 Å². The van der Waals surface area contributed by atoms with Gasteiger partial charge in [-0.25, -0.2) is 0 Å². The highest BCUT2D eigenvalue weighted by Gasteiger charge is 2.86. The van der Waals surface area contributed by atoms with Gasteiger partial charge in [-0.2, -0.15) is 0 Å². The zero-order valence-corrected chi connectivity index (χ0v) is 31.3. The Morgan fingerprint density at radius 1 is 0.958 bits per heavy atom. The van der Waals surface area contributed by atoms with E-state index in [1.807, 2.05) is 0 Å². The lowest BCUT2D eigenvalue weighted by Gasteiger charge is -2.63. The maximum atomic E-state index is 12.1. The molecule has 48 heavy (non-hydrogen) atoms. The largest absolute Gasteiger partial charge is 0.457 e. The predicted octanol–water partition coefficient (Wildman–Crippen LogP) is 6.61. The number of terminal acetylenes is 2. The highest BCUT2D eigenvalue weighted by molar-refractivity contribution is 5.66. The lowest BCUT2D eigenvalue weighted by atomic mass is 9.41. The van der Waals surface area contributed by atoms with Gasteiger partial charge in [-0.1, -0.05) is 41.5 Å². The first-order valence-corrected chi connectivity index (χ1v) is 18.7. The lowest BCUT2D eigenvalue weighted by molar-refractivity contribution is -0.235. The van der Waals surface area contributed by atoms with E-state index in [9.17, 15) is 9.90 Å². The molecule has 7 fully saturated rings. The summed E-state index contributed by atoms with van der Waals surface area (Å²) in [5, 5.41) is 14.5. The molecule has 270 valence electrons. The zero-order valence-electron chi connectivity index (χ0n) is 31.3. The van der Waals surface area contributed by atoms with Crippen molar-refractivity contribution in [3.05, 3.63) is 0 Å². The molecule has 5 saturated carbocycles. The van der Waals surface area contributed by atoms with Gasteiger partial charge >= 0.3 is 5.97 Å². The summed E-state index contributed by atoms with van der Waals surface area (Å²) in [6, 6.07) is 0. The summed E-state index contributed by atoms with van der Waals surface area (Å²) in [4.78, 5) is 12.1. The Morgan fingerprint density at radius 3 is 2.21 bits per heavy atom. The van der Waals surface area contributed by atoms with Crippen molar-refractivity contribution in [2.75, 3.05) is 19.7 Å². The van der Waals surface area contributed by atoms with E-state index in [0.29, 0.717) is 34.5 Å². The number of rotatable bonds is 5. The maximum absolute atomic E-state index is 12.1. The third-order valence-corrected chi connectivity index (χ3v) is 15.9. The molecule has 2 aliphatic heterocycles. The van der Waals surface area contributed by atoms with Crippen molar-refractivity contribution in [3.63, 3.8) is 0 Å². The Kier molecular flexibility index (Phi) is 10.1. The average Bonchev–Trinajstić information content (AvgIpc) is 3.46. The van der Waals surface area contributed by atoms with E-state index in [1.165, 1.54) is 39.0 Å². The third-order valence-electron chi connectivity index (χ3n) is 15.9. The van der Waals surface area contributed by atoms with Gasteiger partial charge in [-0.3, -0.25) is 4.79 Å². The molecule has 0 amide bonds. The molecule has 7 nitrogen and oxygen atoms in total. The molecule has 14 atom stereocenters. The SMILES string of the molecule is C#C.C#C.CC(=O)O[C@@H]([C@H]1C[C@@H](C)C2[C@@H](C[C@@]3(C)[C@@H]4CCC5C(C)(C)[C@@H](OC6CNCCO6)CCC56[C@@H](C)[C@@]46CC[C@]23C)O1)C(C)(C)O. The molecule has 0 bridgehead atoms. The minimum Gasteiger partial charge on any atom is -0.457 e. The van der Waals surface area contributed by atoms with Crippen LogP contribution in [-0.2, 0) is 23.7 Å². The number of fused-ring (bicyclic) bond motifs is 4. The van der Waals surface area contributed by atoms with E-state index in [2.05, 4.69) is 72.6 Å². The standard InChI is InChI=1S/C37H61NO6.2C2H2/c1-21-18-24(31(33(6,7)40)42-23(3)39)43-25-19-35(9)27-11-10-26-32(4,5)28(44-29-20-38-16-17-41-29)12-13-36(26)22(2)37(27,36)15-14-34(35,8)30(21)25;2*1-2/h21-22,24-31,38,40H,10-20H2,1-9H3;2*1-2H/t21-,22-,24-,25-,26?,27+,28+,29?,30?,31+,34-,35+,36?,37+;;/m1../s1. The minimum atomic E-state index is -1.16. The summed E-state index contributed by atoms with van der Waals surface area (Å²) in [6.45, 7) is 22.7. The van der Waals surface area contributed by atoms with Gasteiger partial charge in [0.2, 0.25) is 0 Å². The van der Waals surface area contributed by atoms with Crippen LogP contribution in [0, 0.1) is 82.4 Å². The van der Waals surface area contributed by atoms with Crippen LogP contribution >= 0.6 is 0 Å². The zero-order chi connectivity index (χ0) is 35.7. The second kappa shape index (κ2) is 12.9. The van der Waals surface area contributed by atoms with Gasteiger partial charge in [-0.15, -0.1) is 25.7 Å². The van der Waals surface area contributed by atoms with Gasteiger partial charge < -0.3 is 29.4 Å². The molecule has 0 radical (unpaired) electrons. The van der Waals surface area contributed by atoms with Crippen molar-refractivity contribution < 1.29 is 28.8 Å². The van der Waals surface area contributed by atoms with E-state index in [4.69, 9.17) is 18.9 Å².